The predicted octanol–water partition coefficient (Wildman–Crippen LogP) is 4.94. The molecular formula is C20H16Cl2O5. The minimum atomic E-state index is -0.777. The van der Waals surface area contributed by atoms with E-state index in [1.807, 2.05) is 0 Å². The second-order valence-corrected chi connectivity index (χ2v) is 6.54. The summed E-state index contributed by atoms with van der Waals surface area (Å²) >= 11 is 12.2. The Morgan fingerprint density at radius 1 is 1.26 bits per heavy atom. The summed E-state index contributed by atoms with van der Waals surface area (Å²) in [5, 5.41) is 0.726. The first-order chi connectivity index (χ1) is 12.9. The Bertz CT molecular complexity index is 936. The van der Waals surface area contributed by atoms with E-state index in [4.69, 9.17) is 37.4 Å². The molecule has 1 heterocycles. The first-order valence-corrected chi connectivity index (χ1v) is 9.02. The third-order valence-electron chi connectivity index (χ3n) is 3.84. The van der Waals surface area contributed by atoms with E-state index < -0.39 is 12.1 Å². The van der Waals surface area contributed by atoms with Crippen molar-refractivity contribution in [3.63, 3.8) is 0 Å². The van der Waals surface area contributed by atoms with Gasteiger partial charge in [0.25, 0.3) is 0 Å². The van der Waals surface area contributed by atoms with Crippen molar-refractivity contribution in [1.29, 1.82) is 0 Å². The largest absolute Gasteiger partial charge is 0.479 e. The van der Waals surface area contributed by atoms with Crippen molar-refractivity contribution in [2.24, 2.45) is 0 Å². The Hall–Kier alpha value is -2.50. The average Bonchev–Trinajstić information content (AvgIpc) is 2.94. The van der Waals surface area contributed by atoms with Crippen LogP contribution in [0.2, 0.25) is 10.0 Å². The molecule has 0 N–H and O–H groups in total. The standard InChI is InChI=1S/C20H16Cl2O5/c1-3-25-20(24)11(2)26-13-7-8-14-16(10-13)27-17(19(14)23)9-12-5-4-6-15(21)18(12)22/h4-11H,3H2,1-2H3/b17-9-. The van der Waals surface area contributed by atoms with Gasteiger partial charge in [-0.05, 0) is 43.7 Å². The Morgan fingerprint density at radius 2 is 2.04 bits per heavy atom. The second kappa shape index (κ2) is 8.03. The van der Waals surface area contributed by atoms with Crippen LogP contribution < -0.4 is 9.47 Å². The number of hydrogen-bond donors (Lipinski definition) is 0. The lowest BCUT2D eigenvalue weighted by atomic mass is 10.1. The molecule has 0 saturated heterocycles. The van der Waals surface area contributed by atoms with Gasteiger partial charge < -0.3 is 14.2 Å². The first kappa shape index (κ1) is 19.3. The number of carbonyl (C=O) groups excluding carboxylic acids is 2. The number of fused-ring (bicyclic) bond motifs is 1. The van der Waals surface area contributed by atoms with Crippen molar-refractivity contribution in [1.82, 2.24) is 0 Å². The molecule has 1 aliphatic heterocycles. The molecule has 2 aromatic carbocycles. The second-order valence-electron chi connectivity index (χ2n) is 5.75. The Labute approximate surface area is 166 Å². The van der Waals surface area contributed by atoms with Crippen molar-refractivity contribution in [2.75, 3.05) is 6.61 Å². The number of benzene rings is 2. The van der Waals surface area contributed by atoms with Gasteiger partial charge in [0.2, 0.25) is 5.78 Å². The summed E-state index contributed by atoms with van der Waals surface area (Å²) < 4.78 is 16.1. The molecule has 1 atom stereocenters. The normalized spacial score (nSPS) is 15.3. The van der Waals surface area contributed by atoms with Gasteiger partial charge in [-0.1, -0.05) is 35.3 Å². The quantitative estimate of drug-likeness (QED) is 0.519. The van der Waals surface area contributed by atoms with Crippen LogP contribution in [0, 0.1) is 0 Å². The van der Waals surface area contributed by atoms with E-state index in [-0.39, 0.29) is 18.1 Å². The Morgan fingerprint density at radius 3 is 2.78 bits per heavy atom. The van der Waals surface area contributed by atoms with Crippen LogP contribution in [0.5, 0.6) is 11.5 Å². The third kappa shape index (κ3) is 4.10. The van der Waals surface area contributed by atoms with Crippen molar-refractivity contribution in [3.8, 4) is 11.5 Å². The van der Waals surface area contributed by atoms with Crippen LogP contribution in [0.25, 0.3) is 6.08 Å². The lowest BCUT2D eigenvalue weighted by molar-refractivity contribution is -0.150. The monoisotopic (exact) mass is 406 g/mol. The fourth-order valence-electron chi connectivity index (χ4n) is 2.53. The number of halogens is 2. The van der Waals surface area contributed by atoms with E-state index in [1.54, 1.807) is 50.2 Å². The number of allylic oxidation sites excluding steroid dienone is 1. The molecule has 0 bridgehead atoms. The van der Waals surface area contributed by atoms with Crippen LogP contribution >= 0.6 is 23.2 Å². The molecule has 7 heteroatoms. The van der Waals surface area contributed by atoms with Gasteiger partial charge in [-0.25, -0.2) is 4.79 Å². The van der Waals surface area contributed by atoms with E-state index in [9.17, 15) is 9.59 Å². The molecule has 0 amide bonds. The Kier molecular flexibility index (Phi) is 5.73. The molecule has 0 fully saturated rings. The van der Waals surface area contributed by atoms with E-state index in [2.05, 4.69) is 0 Å². The summed E-state index contributed by atoms with van der Waals surface area (Å²) in [4.78, 5) is 24.2. The summed E-state index contributed by atoms with van der Waals surface area (Å²) in [5.74, 6) is 0.129. The highest BCUT2D eigenvalue weighted by Gasteiger charge is 2.28. The fourth-order valence-corrected chi connectivity index (χ4v) is 2.89. The molecule has 0 aromatic heterocycles. The molecule has 1 aliphatic rings. The minimum absolute atomic E-state index is 0.129. The molecule has 0 spiro atoms. The van der Waals surface area contributed by atoms with Crippen LogP contribution in [0.15, 0.2) is 42.2 Å². The maximum atomic E-state index is 12.5. The van der Waals surface area contributed by atoms with Crippen molar-refractivity contribution < 1.29 is 23.8 Å². The summed E-state index contributed by atoms with van der Waals surface area (Å²) in [7, 11) is 0. The number of hydrogen-bond acceptors (Lipinski definition) is 5. The van der Waals surface area contributed by atoms with Crippen molar-refractivity contribution in [3.05, 3.63) is 63.3 Å². The number of ether oxygens (including phenoxy) is 3. The minimum Gasteiger partial charge on any atom is -0.479 e. The number of Topliss-reactive ketones (excluding diaryl/α,β-unsaturated/α-hetero) is 1. The Balaban J connectivity index is 1.82. The fraction of sp³-hybridized carbons (Fsp3) is 0.200. The lowest BCUT2D eigenvalue weighted by Gasteiger charge is -2.13. The number of esters is 1. The van der Waals surface area contributed by atoms with Gasteiger partial charge in [0.05, 0.1) is 22.2 Å². The molecular weight excluding hydrogens is 391 g/mol. The maximum absolute atomic E-state index is 12.5. The van der Waals surface area contributed by atoms with Crippen LogP contribution in [0.3, 0.4) is 0 Å². The van der Waals surface area contributed by atoms with Gasteiger partial charge in [-0.3, -0.25) is 4.79 Å². The summed E-state index contributed by atoms with van der Waals surface area (Å²) in [5.41, 5.74) is 0.975. The highest BCUT2D eigenvalue weighted by atomic mass is 35.5. The number of carbonyl (C=O) groups is 2. The molecule has 3 rings (SSSR count). The molecule has 27 heavy (non-hydrogen) atoms. The summed E-state index contributed by atoms with van der Waals surface area (Å²) in [6.45, 7) is 3.58. The zero-order chi connectivity index (χ0) is 19.6. The topological polar surface area (TPSA) is 61.8 Å². The van der Waals surface area contributed by atoms with Crippen LogP contribution in [-0.2, 0) is 9.53 Å². The SMILES string of the molecule is CCOC(=O)C(C)Oc1ccc2c(c1)O/C(=C\c1cccc(Cl)c1Cl)C2=O. The van der Waals surface area contributed by atoms with Crippen LogP contribution in [0.4, 0.5) is 0 Å². The van der Waals surface area contributed by atoms with Crippen LogP contribution in [0.1, 0.15) is 29.8 Å². The van der Waals surface area contributed by atoms with Gasteiger partial charge in [0.1, 0.15) is 11.5 Å². The zero-order valence-electron chi connectivity index (χ0n) is 14.6. The summed E-state index contributed by atoms with van der Waals surface area (Å²) in [6, 6.07) is 9.87. The molecule has 0 radical (unpaired) electrons. The zero-order valence-corrected chi connectivity index (χ0v) is 16.1. The molecule has 1 unspecified atom stereocenters. The molecule has 0 aliphatic carbocycles. The maximum Gasteiger partial charge on any atom is 0.347 e. The van der Waals surface area contributed by atoms with Gasteiger partial charge in [0.15, 0.2) is 11.9 Å². The van der Waals surface area contributed by atoms with E-state index in [0.29, 0.717) is 32.7 Å². The van der Waals surface area contributed by atoms with Crippen LogP contribution in [-0.4, -0.2) is 24.5 Å². The van der Waals surface area contributed by atoms with E-state index >= 15 is 0 Å². The summed E-state index contributed by atoms with van der Waals surface area (Å²) in [6.07, 6.45) is 0.763. The van der Waals surface area contributed by atoms with Gasteiger partial charge in [-0.2, -0.15) is 0 Å². The molecule has 140 valence electrons. The van der Waals surface area contributed by atoms with Gasteiger partial charge in [-0.15, -0.1) is 0 Å². The highest BCUT2D eigenvalue weighted by Crippen LogP contribution is 2.36. The lowest BCUT2D eigenvalue weighted by Crippen LogP contribution is -2.26. The van der Waals surface area contributed by atoms with Gasteiger partial charge >= 0.3 is 5.97 Å². The first-order valence-electron chi connectivity index (χ1n) is 8.26. The molecule has 0 saturated carbocycles. The third-order valence-corrected chi connectivity index (χ3v) is 4.67. The molecule has 5 nitrogen and oxygen atoms in total. The van der Waals surface area contributed by atoms with E-state index in [1.165, 1.54) is 6.08 Å². The number of ketones is 1. The number of rotatable bonds is 5. The average molecular weight is 407 g/mol. The van der Waals surface area contributed by atoms with Crippen molar-refractivity contribution >= 4 is 41.0 Å². The van der Waals surface area contributed by atoms with Crippen molar-refractivity contribution in [2.45, 2.75) is 20.0 Å². The highest BCUT2D eigenvalue weighted by molar-refractivity contribution is 6.43. The van der Waals surface area contributed by atoms with E-state index in [0.717, 1.165) is 0 Å². The smallest absolute Gasteiger partial charge is 0.347 e. The molecule has 2 aromatic rings. The van der Waals surface area contributed by atoms with Gasteiger partial charge in [0, 0.05) is 6.07 Å². The predicted molar refractivity (Wildman–Crippen MR) is 103 cm³/mol.